The Morgan fingerprint density at radius 3 is 2.21 bits per heavy atom. The van der Waals surface area contributed by atoms with Crippen molar-refractivity contribution in [3.8, 4) is 0 Å². The van der Waals surface area contributed by atoms with Crippen molar-refractivity contribution < 1.29 is 39.0 Å². The Morgan fingerprint density at radius 1 is 1.06 bits per heavy atom. The highest BCUT2D eigenvalue weighted by atomic mass is 16.4. The molecule has 0 spiro atoms. The van der Waals surface area contributed by atoms with Crippen LogP contribution in [0.4, 0.5) is 0 Å². The molecule has 4 unspecified atom stereocenters. The quantitative estimate of drug-likeness (QED) is 0.177. The minimum atomic E-state index is -1.59. The van der Waals surface area contributed by atoms with Crippen molar-refractivity contribution in [3.63, 3.8) is 0 Å². The number of rotatable bonds is 13. The van der Waals surface area contributed by atoms with Crippen LogP contribution in [0.3, 0.4) is 0 Å². The van der Waals surface area contributed by atoms with E-state index in [-0.39, 0.29) is 18.8 Å². The van der Waals surface area contributed by atoms with Gasteiger partial charge in [0.15, 0.2) is 0 Å². The molecule has 0 aliphatic carbocycles. The van der Waals surface area contributed by atoms with Crippen LogP contribution in [0, 0.1) is 5.92 Å². The van der Waals surface area contributed by atoms with Crippen LogP contribution in [0.15, 0.2) is 0 Å². The number of nitrogens with two attached hydrogens (primary N) is 2. The van der Waals surface area contributed by atoms with E-state index in [0.717, 1.165) is 0 Å². The second-order valence-corrected chi connectivity index (χ2v) is 8.49. The Hall–Kier alpha value is -3.22. The summed E-state index contributed by atoms with van der Waals surface area (Å²) in [6, 6.07) is -4.81. The van der Waals surface area contributed by atoms with Crippen LogP contribution < -0.4 is 22.1 Å². The second-order valence-electron chi connectivity index (χ2n) is 8.49. The molecule has 0 aromatic carbocycles. The zero-order valence-corrected chi connectivity index (χ0v) is 18.8. The summed E-state index contributed by atoms with van der Waals surface area (Å²) in [5, 5.41) is 22.8. The fraction of sp³-hybridized carbons (Fsp3) is 0.700. The van der Waals surface area contributed by atoms with Crippen molar-refractivity contribution in [2.24, 2.45) is 17.4 Å². The van der Waals surface area contributed by atoms with Crippen LogP contribution >= 0.6 is 0 Å². The SMILES string of the molecule is CC(C)CC(N)C(=O)N1CCCC1C(=O)NC(CC(=O)O)C(=O)NC(CCC(N)=O)C(=O)O. The van der Waals surface area contributed by atoms with E-state index in [1.54, 1.807) is 0 Å². The van der Waals surface area contributed by atoms with Gasteiger partial charge in [0.25, 0.3) is 0 Å². The Bertz CT molecular complexity index is 772. The maximum atomic E-state index is 12.8. The van der Waals surface area contributed by atoms with E-state index in [4.69, 9.17) is 16.6 Å². The molecule has 1 heterocycles. The maximum Gasteiger partial charge on any atom is 0.326 e. The van der Waals surface area contributed by atoms with Crippen LogP contribution in [0.1, 0.15) is 52.4 Å². The predicted molar refractivity (Wildman–Crippen MR) is 114 cm³/mol. The lowest BCUT2D eigenvalue weighted by atomic mass is 10.0. The molecular weight excluding hydrogens is 438 g/mol. The number of primary amides is 1. The summed E-state index contributed by atoms with van der Waals surface area (Å²) in [6.07, 6.45) is -0.166. The first-order valence-corrected chi connectivity index (χ1v) is 10.7. The van der Waals surface area contributed by atoms with Gasteiger partial charge in [-0.1, -0.05) is 13.8 Å². The number of hydrogen-bond acceptors (Lipinski definition) is 7. The lowest BCUT2D eigenvalue weighted by Crippen LogP contribution is -2.57. The van der Waals surface area contributed by atoms with Gasteiger partial charge in [0.05, 0.1) is 12.5 Å². The zero-order valence-electron chi connectivity index (χ0n) is 18.8. The van der Waals surface area contributed by atoms with Crippen molar-refractivity contribution in [1.29, 1.82) is 0 Å². The van der Waals surface area contributed by atoms with Crippen LogP contribution in [0.25, 0.3) is 0 Å². The molecule has 0 saturated carbocycles. The van der Waals surface area contributed by atoms with E-state index in [1.165, 1.54) is 4.90 Å². The van der Waals surface area contributed by atoms with E-state index in [1.807, 2.05) is 13.8 Å². The fourth-order valence-corrected chi connectivity index (χ4v) is 3.59. The standard InChI is InChI=1S/C20H33N5O8/c1-10(2)8-11(21)19(31)25-7-3-4-14(25)18(30)24-13(9-16(27)28)17(29)23-12(20(32)33)5-6-15(22)26/h10-14H,3-9,21H2,1-2H3,(H2,22,26)(H,23,29)(H,24,30)(H,27,28)(H,32,33). The number of carbonyl (C=O) groups excluding carboxylic acids is 4. The minimum absolute atomic E-state index is 0.166. The molecular formula is C20H33N5O8. The molecule has 0 aromatic heterocycles. The summed E-state index contributed by atoms with van der Waals surface area (Å²) in [7, 11) is 0. The Labute approximate surface area is 191 Å². The average molecular weight is 472 g/mol. The summed E-state index contributed by atoms with van der Waals surface area (Å²) < 4.78 is 0. The molecule has 0 aromatic rings. The van der Waals surface area contributed by atoms with Gasteiger partial charge < -0.3 is 37.2 Å². The van der Waals surface area contributed by atoms with Gasteiger partial charge in [0.2, 0.25) is 23.6 Å². The van der Waals surface area contributed by atoms with E-state index in [2.05, 4.69) is 10.6 Å². The summed E-state index contributed by atoms with van der Waals surface area (Å²) >= 11 is 0. The smallest absolute Gasteiger partial charge is 0.326 e. The topological polar surface area (TPSA) is 222 Å². The molecule has 1 rings (SSSR count). The number of carbonyl (C=O) groups is 6. The van der Waals surface area contributed by atoms with Crippen LogP contribution in [0.5, 0.6) is 0 Å². The van der Waals surface area contributed by atoms with Gasteiger partial charge >= 0.3 is 11.9 Å². The largest absolute Gasteiger partial charge is 0.481 e. The third-order valence-corrected chi connectivity index (χ3v) is 5.19. The molecule has 4 atom stereocenters. The molecule has 4 amide bonds. The molecule has 1 saturated heterocycles. The van der Waals surface area contributed by atoms with Crippen molar-refractivity contribution in [2.75, 3.05) is 6.54 Å². The molecule has 1 fully saturated rings. The van der Waals surface area contributed by atoms with Gasteiger partial charge in [0.1, 0.15) is 18.1 Å². The highest BCUT2D eigenvalue weighted by molar-refractivity contribution is 5.96. The van der Waals surface area contributed by atoms with E-state index in [9.17, 15) is 33.9 Å². The Morgan fingerprint density at radius 2 is 1.70 bits per heavy atom. The van der Waals surface area contributed by atoms with Crippen molar-refractivity contribution in [3.05, 3.63) is 0 Å². The van der Waals surface area contributed by atoms with Gasteiger partial charge in [-0.25, -0.2) is 4.79 Å². The van der Waals surface area contributed by atoms with E-state index < -0.39 is 66.2 Å². The third-order valence-electron chi connectivity index (χ3n) is 5.19. The molecule has 33 heavy (non-hydrogen) atoms. The second kappa shape index (κ2) is 12.7. The van der Waals surface area contributed by atoms with Crippen molar-refractivity contribution >= 4 is 35.6 Å². The van der Waals surface area contributed by atoms with Gasteiger partial charge in [-0.2, -0.15) is 0 Å². The Balaban J connectivity index is 2.91. The number of hydrogen-bond donors (Lipinski definition) is 6. The molecule has 0 radical (unpaired) electrons. The van der Waals surface area contributed by atoms with Crippen LogP contribution in [-0.4, -0.2) is 81.4 Å². The molecule has 13 nitrogen and oxygen atoms in total. The van der Waals surface area contributed by atoms with E-state index in [0.29, 0.717) is 25.8 Å². The lowest BCUT2D eigenvalue weighted by molar-refractivity contribution is -0.145. The van der Waals surface area contributed by atoms with Crippen molar-refractivity contribution in [1.82, 2.24) is 15.5 Å². The predicted octanol–water partition coefficient (Wildman–Crippen LogP) is -1.85. The summed E-state index contributed by atoms with van der Waals surface area (Å²) in [5.41, 5.74) is 11.0. The number of aliphatic carboxylic acids is 2. The first-order chi connectivity index (χ1) is 15.3. The van der Waals surface area contributed by atoms with Gasteiger partial charge in [-0.05, 0) is 31.6 Å². The highest BCUT2D eigenvalue weighted by Gasteiger charge is 2.38. The molecule has 186 valence electrons. The molecule has 1 aliphatic heterocycles. The first-order valence-electron chi connectivity index (χ1n) is 10.7. The average Bonchev–Trinajstić information content (AvgIpc) is 3.18. The third kappa shape index (κ3) is 9.04. The zero-order chi connectivity index (χ0) is 25.3. The molecule has 13 heteroatoms. The highest BCUT2D eigenvalue weighted by Crippen LogP contribution is 2.20. The fourth-order valence-electron chi connectivity index (χ4n) is 3.59. The molecule has 8 N–H and O–H groups in total. The van der Waals surface area contributed by atoms with E-state index >= 15 is 0 Å². The normalized spacial score (nSPS) is 18.3. The summed E-state index contributed by atoms with van der Waals surface area (Å²) in [4.78, 5) is 72.9. The van der Waals surface area contributed by atoms with Crippen LogP contribution in [-0.2, 0) is 28.8 Å². The Kier molecular flexibility index (Phi) is 10.7. The van der Waals surface area contributed by atoms with Crippen molar-refractivity contribution in [2.45, 2.75) is 76.5 Å². The number of nitrogens with one attached hydrogen (secondary N) is 2. The van der Waals surface area contributed by atoms with Crippen LogP contribution in [0.2, 0.25) is 0 Å². The molecule has 1 aliphatic rings. The van der Waals surface area contributed by atoms with Gasteiger partial charge in [-0.15, -0.1) is 0 Å². The maximum absolute atomic E-state index is 12.8. The molecule has 0 bridgehead atoms. The lowest BCUT2D eigenvalue weighted by Gasteiger charge is -2.28. The minimum Gasteiger partial charge on any atom is -0.481 e. The number of nitrogens with zero attached hydrogens (tertiary/aromatic N) is 1. The summed E-state index contributed by atoms with van der Waals surface area (Å²) in [6.45, 7) is 4.11. The van der Waals surface area contributed by atoms with Gasteiger partial charge in [-0.3, -0.25) is 24.0 Å². The summed E-state index contributed by atoms with van der Waals surface area (Å²) in [5.74, 6) is -5.64. The number of likely N-dealkylation sites (tertiary alicyclic amines) is 1. The number of carboxylic acid groups (broad SMARTS) is 2. The van der Waals surface area contributed by atoms with Gasteiger partial charge in [0, 0.05) is 13.0 Å². The number of carboxylic acids is 2. The monoisotopic (exact) mass is 471 g/mol. The number of amides is 4. The first kappa shape index (κ1) is 27.8.